The average Bonchev–Trinajstić information content (AvgIpc) is 2.38. The van der Waals surface area contributed by atoms with Gasteiger partial charge in [-0.15, -0.1) is 0 Å². The molecule has 0 aliphatic heterocycles. The predicted molar refractivity (Wildman–Crippen MR) is 79.1 cm³/mol. The van der Waals surface area contributed by atoms with Gasteiger partial charge >= 0.3 is 11.9 Å². The zero-order valence-corrected chi connectivity index (χ0v) is 13.2. The highest BCUT2D eigenvalue weighted by Crippen LogP contribution is 2.18. The zero-order chi connectivity index (χ0) is 17.0. The molecule has 122 valence electrons. The summed E-state index contributed by atoms with van der Waals surface area (Å²) >= 11 is 0. The molecule has 0 saturated heterocycles. The maximum Gasteiger partial charge on any atom is 0.324 e. The molecule has 3 N–H and O–H groups in total. The van der Waals surface area contributed by atoms with Gasteiger partial charge in [0.05, 0.1) is 11.3 Å². The van der Waals surface area contributed by atoms with Gasteiger partial charge in [0.25, 0.3) is 0 Å². The van der Waals surface area contributed by atoms with Crippen LogP contribution in [-0.2, 0) is 26.0 Å². The van der Waals surface area contributed by atoms with Crippen LogP contribution in [0.2, 0.25) is 0 Å². The first-order valence-corrected chi connectivity index (χ1v) is 8.17. The van der Waals surface area contributed by atoms with E-state index in [4.69, 9.17) is 5.11 Å². The van der Waals surface area contributed by atoms with Gasteiger partial charge in [-0.3, -0.25) is 9.59 Å². The third kappa shape index (κ3) is 4.54. The molecule has 1 rings (SSSR count). The number of hydrogen-bond acceptors (Lipinski definition) is 4. The van der Waals surface area contributed by atoms with Crippen LogP contribution in [-0.4, -0.2) is 36.1 Å². The van der Waals surface area contributed by atoms with E-state index in [2.05, 4.69) is 4.72 Å². The number of nitrogens with one attached hydrogen (secondary N) is 1. The van der Waals surface area contributed by atoms with Gasteiger partial charge in [-0.1, -0.05) is 25.5 Å². The number of rotatable bonds is 8. The van der Waals surface area contributed by atoms with Crippen LogP contribution < -0.4 is 4.72 Å². The van der Waals surface area contributed by atoms with Gasteiger partial charge in [-0.05, 0) is 31.0 Å². The van der Waals surface area contributed by atoms with Crippen molar-refractivity contribution < 1.29 is 28.2 Å². The summed E-state index contributed by atoms with van der Waals surface area (Å²) in [5, 5.41) is 17.9. The molecule has 1 atom stereocenters. The molecule has 0 aliphatic rings. The van der Waals surface area contributed by atoms with E-state index >= 15 is 0 Å². The van der Waals surface area contributed by atoms with Crippen LogP contribution in [0, 0.1) is 0 Å². The fraction of sp³-hybridized carbons (Fsp3) is 0.429. The van der Waals surface area contributed by atoms with Crippen molar-refractivity contribution in [2.75, 3.05) is 0 Å². The summed E-state index contributed by atoms with van der Waals surface area (Å²) in [4.78, 5) is 21.8. The Kier molecular flexibility index (Phi) is 5.67. The molecular formula is C14H19NO6S. The Morgan fingerprint density at radius 1 is 1.18 bits per heavy atom. The van der Waals surface area contributed by atoms with E-state index in [9.17, 15) is 23.1 Å². The van der Waals surface area contributed by atoms with Crippen molar-refractivity contribution in [3.8, 4) is 0 Å². The predicted octanol–water partition coefficient (Wildman–Crippen LogP) is 1.24. The highest BCUT2D eigenvalue weighted by molar-refractivity contribution is 7.89. The fourth-order valence-electron chi connectivity index (χ4n) is 2.02. The Labute approximate surface area is 129 Å². The van der Waals surface area contributed by atoms with E-state index in [0.717, 1.165) is 0 Å². The van der Waals surface area contributed by atoms with Crippen LogP contribution in [0.4, 0.5) is 0 Å². The molecule has 22 heavy (non-hydrogen) atoms. The van der Waals surface area contributed by atoms with Crippen molar-refractivity contribution in [3.63, 3.8) is 0 Å². The van der Waals surface area contributed by atoms with Crippen LogP contribution in [0.1, 0.15) is 32.3 Å². The summed E-state index contributed by atoms with van der Waals surface area (Å²) in [6.45, 7) is 3.07. The summed E-state index contributed by atoms with van der Waals surface area (Å²) in [5.41, 5.74) is -1.13. The van der Waals surface area contributed by atoms with Crippen molar-refractivity contribution in [1.29, 1.82) is 0 Å². The molecule has 0 bridgehead atoms. The zero-order valence-electron chi connectivity index (χ0n) is 12.4. The lowest BCUT2D eigenvalue weighted by molar-refractivity contribution is -0.143. The number of hydrogen-bond donors (Lipinski definition) is 3. The molecule has 1 unspecified atom stereocenters. The van der Waals surface area contributed by atoms with Gasteiger partial charge in [-0.2, -0.15) is 4.72 Å². The van der Waals surface area contributed by atoms with Gasteiger partial charge in [0, 0.05) is 0 Å². The smallest absolute Gasteiger partial charge is 0.324 e. The van der Waals surface area contributed by atoms with Crippen LogP contribution in [0.15, 0.2) is 29.2 Å². The third-order valence-corrected chi connectivity index (χ3v) is 4.78. The Morgan fingerprint density at radius 2 is 1.73 bits per heavy atom. The van der Waals surface area contributed by atoms with E-state index in [1.165, 1.54) is 31.2 Å². The normalized spacial score (nSPS) is 14.3. The molecule has 1 aromatic carbocycles. The van der Waals surface area contributed by atoms with E-state index in [-0.39, 0.29) is 17.7 Å². The number of benzene rings is 1. The lowest BCUT2D eigenvalue weighted by atomic mass is 9.98. The van der Waals surface area contributed by atoms with Crippen LogP contribution in [0.3, 0.4) is 0 Å². The maximum atomic E-state index is 12.3. The first-order chi connectivity index (χ1) is 10.1. The SMILES string of the molecule is CCCC(C)(NS(=O)(=O)c1ccc(CC(=O)O)cc1)C(=O)O. The average molecular weight is 329 g/mol. The summed E-state index contributed by atoms with van der Waals surface area (Å²) in [5.74, 6) is -2.27. The van der Waals surface area contributed by atoms with E-state index < -0.39 is 27.5 Å². The highest BCUT2D eigenvalue weighted by atomic mass is 32.2. The summed E-state index contributed by atoms with van der Waals surface area (Å²) < 4.78 is 26.7. The molecule has 1 aromatic rings. The molecule has 0 spiro atoms. The van der Waals surface area contributed by atoms with Crippen molar-refractivity contribution >= 4 is 22.0 Å². The number of carboxylic acids is 2. The Balaban J connectivity index is 3.03. The van der Waals surface area contributed by atoms with Crippen molar-refractivity contribution in [3.05, 3.63) is 29.8 Å². The van der Waals surface area contributed by atoms with Crippen LogP contribution in [0.5, 0.6) is 0 Å². The van der Waals surface area contributed by atoms with Gasteiger partial charge in [0.2, 0.25) is 10.0 Å². The van der Waals surface area contributed by atoms with Crippen molar-refractivity contribution in [2.24, 2.45) is 0 Å². The van der Waals surface area contributed by atoms with Crippen molar-refractivity contribution in [1.82, 2.24) is 4.72 Å². The highest BCUT2D eigenvalue weighted by Gasteiger charge is 2.37. The largest absolute Gasteiger partial charge is 0.481 e. The number of sulfonamides is 1. The van der Waals surface area contributed by atoms with E-state index in [0.29, 0.717) is 12.0 Å². The molecule has 0 fully saturated rings. The monoisotopic (exact) mass is 329 g/mol. The minimum atomic E-state index is -4.01. The second kappa shape index (κ2) is 6.89. The van der Waals surface area contributed by atoms with Gasteiger partial charge < -0.3 is 10.2 Å². The molecule has 0 amide bonds. The first-order valence-electron chi connectivity index (χ1n) is 6.69. The molecule has 7 nitrogen and oxygen atoms in total. The van der Waals surface area contributed by atoms with Crippen molar-refractivity contribution in [2.45, 2.75) is 43.5 Å². The topological polar surface area (TPSA) is 121 Å². The molecule has 0 saturated carbocycles. The molecule has 0 radical (unpaired) electrons. The minimum absolute atomic E-state index is 0.106. The van der Waals surface area contributed by atoms with Gasteiger partial charge in [-0.25, -0.2) is 8.42 Å². The molecule has 0 aliphatic carbocycles. The van der Waals surface area contributed by atoms with Gasteiger partial charge in [0.1, 0.15) is 5.54 Å². The quantitative estimate of drug-likeness (QED) is 0.660. The Morgan fingerprint density at radius 3 is 2.14 bits per heavy atom. The summed E-state index contributed by atoms with van der Waals surface area (Å²) in [7, 11) is -4.01. The number of carboxylic acid groups (broad SMARTS) is 2. The molecule has 8 heteroatoms. The number of aliphatic carboxylic acids is 2. The molecular weight excluding hydrogens is 310 g/mol. The lowest BCUT2D eigenvalue weighted by Crippen LogP contribution is -2.51. The summed E-state index contributed by atoms with van der Waals surface area (Å²) in [6.07, 6.45) is 0.442. The first kappa shape index (κ1) is 18.1. The van der Waals surface area contributed by atoms with Crippen LogP contribution >= 0.6 is 0 Å². The van der Waals surface area contributed by atoms with E-state index in [1.54, 1.807) is 6.92 Å². The Hall–Kier alpha value is -1.93. The second-order valence-electron chi connectivity index (χ2n) is 5.21. The minimum Gasteiger partial charge on any atom is -0.481 e. The lowest BCUT2D eigenvalue weighted by Gasteiger charge is -2.25. The second-order valence-corrected chi connectivity index (χ2v) is 6.89. The van der Waals surface area contributed by atoms with Gasteiger partial charge in [0.15, 0.2) is 0 Å². The summed E-state index contributed by atoms with van der Waals surface area (Å²) in [6, 6.07) is 5.30. The standard InChI is InChI=1S/C14H19NO6S/c1-3-8-14(2,13(18)19)15-22(20,21)11-6-4-10(5-7-11)9-12(16)17/h4-7,15H,3,8-9H2,1-2H3,(H,16,17)(H,18,19). The third-order valence-electron chi connectivity index (χ3n) is 3.17. The number of carbonyl (C=O) groups is 2. The molecule has 0 heterocycles. The molecule has 0 aromatic heterocycles. The van der Waals surface area contributed by atoms with E-state index in [1.807, 2.05) is 0 Å². The maximum absolute atomic E-state index is 12.3. The van der Waals surface area contributed by atoms with Crippen LogP contribution in [0.25, 0.3) is 0 Å². The fourth-order valence-corrected chi connectivity index (χ4v) is 3.41. The Bertz CT molecular complexity index is 652.